The normalized spacial score (nSPS) is 10.5. The van der Waals surface area contributed by atoms with E-state index in [1.807, 2.05) is 0 Å². The molecule has 2 N–H and O–H groups in total. The molecule has 5 heteroatoms. The largest absolute Gasteiger partial charge is 0.398 e. The molecule has 0 saturated heterocycles. The molecule has 0 saturated carbocycles. The number of nitrogens with zero attached hydrogens (tertiary/aromatic N) is 1. The van der Waals surface area contributed by atoms with Gasteiger partial charge in [-0.15, -0.1) is 11.8 Å². The third kappa shape index (κ3) is 3.35. The lowest BCUT2D eigenvalue weighted by atomic mass is 10.3. The zero-order chi connectivity index (χ0) is 12.3. The van der Waals surface area contributed by atoms with Crippen LogP contribution in [0.2, 0.25) is 5.02 Å². The molecule has 0 aliphatic heterocycles. The topological polar surface area (TPSA) is 38.9 Å². The molecule has 0 aliphatic carbocycles. The van der Waals surface area contributed by atoms with Crippen molar-refractivity contribution in [2.24, 2.45) is 0 Å². The highest BCUT2D eigenvalue weighted by Gasteiger charge is 2.03. The molecule has 1 aromatic heterocycles. The predicted octanol–water partition coefficient (Wildman–Crippen LogP) is 3.75. The first-order chi connectivity index (χ1) is 8.15. The lowest BCUT2D eigenvalue weighted by Gasteiger charge is -2.05. The van der Waals surface area contributed by atoms with E-state index in [4.69, 9.17) is 17.3 Å². The first-order valence-corrected chi connectivity index (χ1v) is 6.30. The van der Waals surface area contributed by atoms with Gasteiger partial charge in [-0.2, -0.15) is 0 Å². The van der Waals surface area contributed by atoms with Gasteiger partial charge in [-0.25, -0.2) is 4.39 Å². The Hall–Kier alpha value is -1.26. The van der Waals surface area contributed by atoms with Gasteiger partial charge in [0, 0.05) is 27.6 Å². The Morgan fingerprint density at radius 1 is 1.29 bits per heavy atom. The Balaban J connectivity index is 2.09. The maximum Gasteiger partial charge on any atom is 0.124 e. The molecule has 1 aromatic carbocycles. The van der Waals surface area contributed by atoms with Crippen molar-refractivity contribution in [3.8, 4) is 0 Å². The lowest BCUT2D eigenvalue weighted by molar-refractivity contribution is 0.624. The molecule has 0 amide bonds. The van der Waals surface area contributed by atoms with E-state index in [1.54, 1.807) is 24.4 Å². The van der Waals surface area contributed by atoms with Crippen LogP contribution < -0.4 is 5.73 Å². The summed E-state index contributed by atoms with van der Waals surface area (Å²) in [5.74, 6) is 0.314. The van der Waals surface area contributed by atoms with Crippen molar-refractivity contribution in [3.63, 3.8) is 0 Å². The molecule has 0 fully saturated rings. The van der Waals surface area contributed by atoms with Gasteiger partial charge in [0.25, 0.3) is 0 Å². The van der Waals surface area contributed by atoms with Crippen LogP contribution >= 0.6 is 23.4 Å². The van der Waals surface area contributed by atoms with E-state index in [0.29, 0.717) is 21.4 Å². The van der Waals surface area contributed by atoms with Gasteiger partial charge in [0.1, 0.15) is 5.82 Å². The van der Waals surface area contributed by atoms with E-state index in [1.165, 1.54) is 23.9 Å². The van der Waals surface area contributed by atoms with Crippen LogP contribution in [0.15, 0.2) is 41.4 Å². The standard InChI is InChI=1S/C12H10ClFN2S/c13-8-3-4-16-10(5-8)7-17-12-6-9(14)1-2-11(12)15/h1-6H,7,15H2. The Bertz CT molecular complexity index is 534. The molecule has 0 spiro atoms. The number of nitrogens with two attached hydrogens (primary N) is 1. The van der Waals surface area contributed by atoms with E-state index in [-0.39, 0.29) is 5.82 Å². The van der Waals surface area contributed by atoms with Crippen LogP contribution in [0.4, 0.5) is 10.1 Å². The smallest absolute Gasteiger partial charge is 0.124 e. The molecule has 88 valence electrons. The van der Waals surface area contributed by atoms with Crippen molar-refractivity contribution >= 4 is 29.1 Å². The van der Waals surface area contributed by atoms with E-state index in [9.17, 15) is 4.39 Å². The van der Waals surface area contributed by atoms with Gasteiger partial charge in [0.15, 0.2) is 0 Å². The van der Waals surface area contributed by atoms with Crippen LogP contribution in [0.25, 0.3) is 0 Å². The molecule has 2 aromatic rings. The molecule has 0 atom stereocenters. The van der Waals surface area contributed by atoms with Crippen molar-refractivity contribution < 1.29 is 4.39 Å². The second kappa shape index (κ2) is 5.38. The van der Waals surface area contributed by atoms with Crippen LogP contribution in [0.1, 0.15) is 5.69 Å². The molecule has 2 nitrogen and oxygen atoms in total. The van der Waals surface area contributed by atoms with Gasteiger partial charge in [-0.05, 0) is 30.3 Å². The fourth-order valence-corrected chi connectivity index (χ4v) is 2.39. The highest BCUT2D eigenvalue weighted by molar-refractivity contribution is 7.98. The van der Waals surface area contributed by atoms with Gasteiger partial charge < -0.3 is 5.73 Å². The monoisotopic (exact) mass is 268 g/mol. The maximum absolute atomic E-state index is 13.0. The molecule has 17 heavy (non-hydrogen) atoms. The summed E-state index contributed by atoms with van der Waals surface area (Å²) >= 11 is 7.29. The average Bonchev–Trinajstić information content (AvgIpc) is 2.30. The minimum absolute atomic E-state index is 0.291. The zero-order valence-corrected chi connectivity index (χ0v) is 10.4. The number of anilines is 1. The summed E-state index contributed by atoms with van der Waals surface area (Å²) in [6, 6.07) is 7.82. The van der Waals surface area contributed by atoms with Gasteiger partial charge in [-0.1, -0.05) is 11.6 Å². The molecule has 0 aliphatic rings. The lowest BCUT2D eigenvalue weighted by Crippen LogP contribution is -1.91. The number of thioether (sulfide) groups is 1. The number of hydrogen-bond acceptors (Lipinski definition) is 3. The summed E-state index contributed by atoms with van der Waals surface area (Å²) in [4.78, 5) is 4.88. The summed E-state index contributed by atoms with van der Waals surface area (Å²) in [6.45, 7) is 0. The van der Waals surface area contributed by atoms with Gasteiger partial charge in [0.2, 0.25) is 0 Å². The van der Waals surface area contributed by atoms with Crippen LogP contribution in [0, 0.1) is 5.82 Å². The number of pyridine rings is 1. The quantitative estimate of drug-likeness (QED) is 0.681. The second-order valence-electron chi connectivity index (χ2n) is 3.44. The highest BCUT2D eigenvalue weighted by atomic mass is 35.5. The van der Waals surface area contributed by atoms with Crippen molar-refractivity contribution in [3.05, 3.63) is 53.1 Å². The van der Waals surface area contributed by atoms with Crippen LogP contribution in [0.5, 0.6) is 0 Å². The molecular formula is C12H10ClFN2S. The van der Waals surface area contributed by atoms with Crippen molar-refractivity contribution in [2.45, 2.75) is 10.6 Å². The molecule has 2 rings (SSSR count). The summed E-state index contributed by atoms with van der Waals surface area (Å²) in [5, 5.41) is 0.641. The molecule has 0 unspecified atom stereocenters. The number of benzene rings is 1. The van der Waals surface area contributed by atoms with E-state index in [0.717, 1.165) is 5.69 Å². The van der Waals surface area contributed by atoms with E-state index >= 15 is 0 Å². The number of nitrogen functional groups attached to an aromatic ring is 1. The van der Waals surface area contributed by atoms with Gasteiger partial charge >= 0.3 is 0 Å². The number of aromatic nitrogens is 1. The van der Waals surface area contributed by atoms with Gasteiger partial charge in [-0.3, -0.25) is 4.98 Å². The number of hydrogen-bond donors (Lipinski definition) is 1. The van der Waals surface area contributed by atoms with Crippen LogP contribution in [-0.4, -0.2) is 4.98 Å². The van der Waals surface area contributed by atoms with Crippen molar-refractivity contribution in [1.29, 1.82) is 0 Å². The van der Waals surface area contributed by atoms with E-state index < -0.39 is 0 Å². The van der Waals surface area contributed by atoms with Crippen LogP contribution in [-0.2, 0) is 5.75 Å². The fourth-order valence-electron chi connectivity index (χ4n) is 1.31. The minimum Gasteiger partial charge on any atom is -0.398 e. The maximum atomic E-state index is 13.0. The van der Waals surface area contributed by atoms with Gasteiger partial charge in [0.05, 0.1) is 5.69 Å². The molecule has 0 bridgehead atoms. The van der Waals surface area contributed by atoms with Crippen molar-refractivity contribution in [2.75, 3.05) is 5.73 Å². The Morgan fingerprint density at radius 3 is 2.88 bits per heavy atom. The summed E-state index contributed by atoms with van der Waals surface area (Å²) in [5.41, 5.74) is 7.16. The predicted molar refractivity (Wildman–Crippen MR) is 69.6 cm³/mol. The fraction of sp³-hybridized carbons (Fsp3) is 0.0833. The SMILES string of the molecule is Nc1ccc(F)cc1SCc1cc(Cl)ccn1. The third-order valence-electron chi connectivity index (χ3n) is 2.13. The third-order valence-corrected chi connectivity index (χ3v) is 3.47. The summed E-state index contributed by atoms with van der Waals surface area (Å²) < 4.78 is 13.0. The molecule has 0 radical (unpaired) electrons. The first kappa shape index (κ1) is 12.2. The number of halogens is 2. The highest BCUT2D eigenvalue weighted by Crippen LogP contribution is 2.28. The first-order valence-electron chi connectivity index (χ1n) is 4.93. The summed E-state index contributed by atoms with van der Waals surface area (Å²) in [6.07, 6.45) is 1.65. The van der Waals surface area contributed by atoms with E-state index in [2.05, 4.69) is 4.98 Å². The number of rotatable bonds is 3. The second-order valence-corrected chi connectivity index (χ2v) is 4.89. The zero-order valence-electron chi connectivity index (χ0n) is 8.86. The van der Waals surface area contributed by atoms with Crippen molar-refractivity contribution in [1.82, 2.24) is 4.98 Å². The Kier molecular flexibility index (Phi) is 3.86. The molecular weight excluding hydrogens is 259 g/mol. The Morgan fingerprint density at radius 2 is 2.12 bits per heavy atom. The Labute approximate surface area is 108 Å². The van der Waals surface area contributed by atoms with Crippen LogP contribution in [0.3, 0.4) is 0 Å². The summed E-state index contributed by atoms with van der Waals surface area (Å²) in [7, 11) is 0. The average molecular weight is 269 g/mol. The molecule has 1 heterocycles. The minimum atomic E-state index is -0.291.